The number of nitrogens with zero attached hydrogens (tertiary/aromatic N) is 3. The zero-order valence-electron chi connectivity index (χ0n) is 13.1. The van der Waals surface area contributed by atoms with E-state index < -0.39 is 11.0 Å². The second-order valence-corrected chi connectivity index (χ2v) is 5.48. The Labute approximate surface area is 138 Å². The predicted molar refractivity (Wildman–Crippen MR) is 89.1 cm³/mol. The SMILES string of the molecule is Cc1nc2ccccc2n1C[C@@H](O)COc1cccc([N+](=O)[O-])c1. The van der Waals surface area contributed by atoms with Crippen molar-refractivity contribution < 1.29 is 14.8 Å². The van der Waals surface area contributed by atoms with Gasteiger partial charge >= 0.3 is 0 Å². The molecule has 0 aliphatic carbocycles. The maximum absolute atomic E-state index is 10.8. The molecule has 0 aliphatic rings. The van der Waals surface area contributed by atoms with Crippen molar-refractivity contribution in [2.24, 2.45) is 0 Å². The Kier molecular flexibility index (Phi) is 4.43. The Hall–Kier alpha value is -2.93. The van der Waals surface area contributed by atoms with Crippen molar-refractivity contribution in [3.8, 4) is 5.75 Å². The number of aryl methyl sites for hydroxylation is 1. The van der Waals surface area contributed by atoms with Crippen LogP contribution in [-0.2, 0) is 6.54 Å². The lowest BCUT2D eigenvalue weighted by molar-refractivity contribution is -0.384. The van der Waals surface area contributed by atoms with Gasteiger partial charge in [0.2, 0.25) is 0 Å². The molecule has 0 spiro atoms. The molecule has 0 bridgehead atoms. The molecular formula is C17H17N3O4. The summed E-state index contributed by atoms with van der Waals surface area (Å²) in [7, 11) is 0. The van der Waals surface area contributed by atoms with Crippen LogP contribution in [-0.4, -0.2) is 32.3 Å². The third kappa shape index (κ3) is 3.36. The average Bonchev–Trinajstić information content (AvgIpc) is 2.89. The molecule has 0 saturated heterocycles. The van der Waals surface area contributed by atoms with Crippen LogP contribution in [0.15, 0.2) is 48.5 Å². The molecule has 0 radical (unpaired) electrons. The molecule has 7 heteroatoms. The van der Waals surface area contributed by atoms with Crippen LogP contribution in [0.5, 0.6) is 5.75 Å². The lowest BCUT2D eigenvalue weighted by atomic mass is 10.3. The Morgan fingerprint density at radius 1 is 1.29 bits per heavy atom. The highest BCUT2D eigenvalue weighted by molar-refractivity contribution is 5.75. The molecule has 1 aromatic heterocycles. The number of aromatic nitrogens is 2. The number of rotatable bonds is 6. The van der Waals surface area contributed by atoms with Crippen molar-refractivity contribution in [3.05, 3.63) is 64.5 Å². The van der Waals surface area contributed by atoms with Crippen LogP contribution >= 0.6 is 0 Å². The molecule has 0 fully saturated rings. The minimum absolute atomic E-state index is 0.0348. The molecule has 0 saturated carbocycles. The zero-order chi connectivity index (χ0) is 17.1. The van der Waals surface area contributed by atoms with Crippen LogP contribution in [0.25, 0.3) is 11.0 Å². The predicted octanol–water partition coefficient (Wildman–Crippen LogP) is 2.69. The fourth-order valence-electron chi connectivity index (χ4n) is 2.57. The molecule has 3 aromatic rings. The Morgan fingerprint density at radius 2 is 2.08 bits per heavy atom. The lowest BCUT2D eigenvalue weighted by Crippen LogP contribution is -2.24. The van der Waals surface area contributed by atoms with Crippen molar-refractivity contribution in [3.63, 3.8) is 0 Å². The van der Waals surface area contributed by atoms with E-state index in [1.165, 1.54) is 12.1 Å². The van der Waals surface area contributed by atoms with E-state index in [-0.39, 0.29) is 12.3 Å². The summed E-state index contributed by atoms with van der Waals surface area (Å²) in [6, 6.07) is 13.6. The number of imidazole rings is 1. The number of hydrogen-bond acceptors (Lipinski definition) is 5. The fraction of sp³-hybridized carbons (Fsp3) is 0.235. The monoisotopic (exact) mass is 327 g/mol. The van der Waals surface area contributed by atoms with E-state index in [1.807, 2.05) is 35.8 Å². The highest BCUT2D eigenvalue weighted by atomic mass is 16.6. The van der Waals surface area contributed by atoms with E-state index >= 15 is 0 Å². The van der Waals surface area contributed by atoms with Crippen molar-refractivity contribution in [2.45, 2.75) is 19.6 Å². The van der Waals surface area contributed by atoms with Crippen molar-refractivity contribution in [2.75, 3.05) is 6.61 Å². The number of hydrogen-bond donors (Lipinski definition) is 1. The highest BCUT2D eigenvalue weighted by Gasteiger charge is 2.13. The molecule has 24 heavy (non-hydrogen) atoms. The van der Waals surface area contributed by atoms with E-state index in [2.05, 4.69) is 4.98 Å². The smallest absolute Gasteiger partial charge is 0.273 e. The van der Waals surface area contributed by atoms with Crippen molar-refractivity contribution in [1.82, 2.24) is 9.55 Å². The van der Waals surface area contributed by atoms with Crippen molar-refractivity contribution >= 4 is 16.7 Å². The number of ether oxygens (including phenoxy) is 1. The van der Waals surface area contributed by atoms with Crippen LogP contribution < -0.4 is 4.74 Å². The molecule has 0 amide bonds. The summed E-state index contributed by atoms with van der Waals surface area (Å²) in [5.41, 5.74) is 1.78. The molecule has 7 nitrogen and oxygen atoms in total. The van der Waals surface area contributed by atoms with Gasteiger partial charge in [0.1, 0.15) is 24.3 Å². The van der Waals surface area contributed by atoms with Crippen LogP contribution in [0.1, 0.15) is 5.82 Å². The highest BCUT2D eigenvalue weighted by Crippen LogP contribution is 2.20. The third-order valence-corrected chi connectivity index (χ3v) is 3.71. The summed E-state index contributed by atoms with van der Waals surface area (Å²) >= 11 is 0. The Bertz CT molecular complexity index is 875. The van der Waals surface area contributed by atoms with Crippen LogP contribution in [0.4, 0.5) is 5.69 Å². The number of non-ortho nitro benzene ring substituents is 1. The largest absolute Gasteiger partial charge is 0.491 e. The van der Waals surface area contributed by atoms with Gasteiger partial charge in [-0.25, -0.2) is 4.98 Å². The summed E-state index contributed by atoms with van der Waals surface area (Å²) in [4.78, 5) is 14.7. The molecule has 1 heterocycles. The maximum Gasteiger partial charge on any atom is 0.273 e. The summed E-state index contributed by atoms with van der Waals surface area (Å²) in [6.45, 7) is 2.25. The molecular weight excluding hydrogens is 310 g/mol. The van der Waals surface area contributed by atoms with Gasteiger partial charge in [-0.15, -0.1) is 0 Å². The Morgan fingerprint density at radius 3 is 2.88 bits per heavy atom. The molecule has 2 aromatic carbocycles. The topological polar surface area (TPSA) is 90.4 Å². The van der Waals surface area contributed by atoms with Gasteiger partial charge in [0.25, 0.3) is 5.69 Å². The van der Waals surface area contributed by atoms with Gasteiger partial charge in [-0.3, -0.25) is 10.1 Å². The first-order chi connectivity index (χ1) is 11.5. The van der Waals surface area contributed by atoms with Gasteiger partial charge in [0, 0.05) is 6.07 Å². The van der Waals surface area contributed by atoms with Gasteiger partial charge in [0.15, 0.2) is 0 Å². The first-order valence-electron chi connectivity index (χ1n) is 7.52. The van der Waals surface area contributed by atoms with Gasteiger partial charge in [-0.2, -0.15) is 0 Å². The zero-order valence-corrected chi connectivity index (χ0v) is 13.1. The summed E-state index contributed by atoms with van der Waals surface area (Å²) < 4.78 is 7.40. The van der Waals surface area contributed by atoms with Gasteiger partial charge < -0.3 is 14.4 Å². The number of benzene rings is 2. The maximum atomic E-state index is 10.8. The quantitative estimate of drug-likeness (QED) is 0.555. The second-order valence-electron chi connectivity index (χ2n) is 5.48. The Balaban J connectivity index is 1.67. The van der Waals surface area contributed by atoms with E-state index in [0.717, 1.165) is 16.9 Å². The van der Waals surface area contributed by atoms with Gasteiger partial charge in [-0.05, 0) is 25.1 Å². The molecule has 1 N–H and O–H groups in total. The lowest BCUT2D eigenvalue weighted by Gasteiger charge is -2.14. The average molecular weight is 327 g/mol. The first kappa shape index (κ1) is 15.9. The molecule has 3 rings (SSSR count). The minimum Gasteiger partial charge on any atom is -0.491 e. The molecule has 0 unspecified atom stereocenters. The summed E-state index contributed by atoms with van der Waals surface area (Å²) in [6.07, 6.45) is -0.763. The van der Waals surface area contributed by atoms with E-state index in [0.29, 0.717) is 12.3 Å². The van der Waals surface area contributed by atoms with Crippen LogP contribution in [0.3, 0.4) is 0 Å². The van der Waals surface area contributed by atoms with E-state index in [9.17, 15) is 15.2 Å². The number of fused-ring (bicyclic) bond motifs is 1. The van der Waals surface area contributed by atoms with Crippen LogP contribution in [0.2, 0.25) is 0 Å². The summed E-state index contributed by atoms with van der Waals surface area (Å²) in [5, 5.41) is 21.0. The van der Waals surface area contributed by atoms with Gasteiger partial charge in [-0.1, -0.05) is 18.2 Å². The normalized spacial score (nSPS) is 12.2. The van der Waals surface area contributed by atoms with Crippen LogP contribution in [0, 0.1) is 17.0 Å². The standard InChI is InChI=1S/C17H17N3O4/c1-12-18-16-7-2-3-8-17(16)19(12)10-14(21)11-24-15-6-4-5-13(9-15)20(22)23/h2-9,14,21H,10-11H2,1H3/t14-/m1/s1. The number of nitro benzene ring substituents is 1. The molecule has 0 aliphatic heterocycles. The van der Waals surface area contributed by atoms with E-state index in [1.54, 1.807) is 12.1 Å². The summed E-state index contributed by atoms with van der Waals surface area (Å²) in [5.74, 6) is 1.17. The third-order valence-electron chi connectivity index (χ3n) is 3.71. The second kappa shape index (κ2) is 6.67. The number of para-hydroxylation sites is 2. The number of nitro groups is 1. The minimum atomic E-state index is -0.763. The van der Waals surface area contributed by atoms with Gasteiger partial charge in [0.05, 0.1) is 28.6 Å². The van der Waals surface area contributed by atoms with Crippen molar-refractivity contribution in [1.29, 1.82) is 0 Å². The fourth-order valence-corrected chi connectivity index (χ4v) is 2.57. The number of aliphatic hydroxyl groups is 1. The molecule has 1 atom stereocenters. The molecule has 124 valence electrons. The first-order valence-corrected chi connectivity index (χ1v) is 7.52. The van der Waals surface area contributed by atoms with E-state index in [4.69, 9.17) is 4.74 Å². The number of aliphatic hydroxyl groups excluding tert-OH is 1.